The molecule has 0 aliphatic carbocycles. The van der Waals surface area contributed by atoms with E-state index in [2.05, 4.69) is 50.3 Å². The third kappa shape index (κ3) is 41.4. The van der Waals surface area contributed by atoms with Crippen molar-refractivity contribution in [3.8, 4) is 0 Å². The molecule has 0 aromatic carbocycles. The molecule has 10 nitrogen and oxygen atoms in total. The first kappa shape index (κ1) is 59.2. The van der Waals surface area contributed by atoms with Crippen molar-refractivity contribution in [2.24, 2.45) is 0 Å². The molecule has 1 saturated heterocycles. The maximum atomic E-state index is 12.8. The Morgan fingerprint density at radius 2 is 1.06 bits per heavy atom. The van der Waals surface area contributed by atoms with Gasteiger partial charge in [-0.15, -0.1) is 0 Å². The van der Waals surface area contributed by atoms with Gasteiger partial charge >= 0.3 is 11.9 Å². The molecule has 1 rings (SSSR count). The number of phosphoric ester groups is 1. The quantitative estimate of drug-likeness (QED) is 0.0147. The number of unbranched alkanes of at least 4 members (excludes halogenated alkanes) is 23. The maximum absolute atomic E-state index is 12.8. The van der Waals surface area contributed by atoms with Crippen LogP contribution in [-0.4, -0.2) is 82.2 Å². The Balaban J connectivity index is 2.25. The molecule has 0 radical (unpaired) electrons. The highest BCUT2D eigenvalue weighted by Crippen LogP contribution is 2.38. The van der Waals surface area contributed by atoms with E-state index >= 15 is 0 Å². The average Bonchev–Trinajstić information content (AvgIpc) is 3.99. The number of likely N-dealkylation sites (N-methyl/N-ethyl adjacent to an activating group) is 1. The molecule has 3 unspecified atom stereocenters. The standard InChI is InChI=1S/C52H96NO9P/c1-6-8-10-12-14-16-18-20-21-22-23-24-25-26-27-28-30-32-34-36-38-42-52(55)61-48(47-60-63(56,57)59-45-44-53(3,4)5)46-58-51(54)43-39-41-50-49(62-50)40-37-35-33-31-29-19-17-15-13-11-9-7-2/h15,17,29,31,35,37,48-50H,6-14,16,18-28,30,32-34,36,38-47H2,1-5H3/b17-15-,31-29-,37-35-/t48-,49?,50?/m1/s1. The molecule has 1 heterocycles. The van der Waals surface area contributed by atoms with Crippen LogP contribution in [0.4, 0.5) is 0 Å². The second kappa shape index (κ2) is 40.5. The second-order valence-electron chi connectivity index (χ2n) is 18.9. The lowest BCUT2D eigenvalue weighted by Gasteiger charge is -2.28. The van der Waals surface area contributed by atoms with E-state index in [1.54, 1.807) is 0 Å². The third-order valence-corrected chi connectivity index (χ3v) is 12.6. The number of allylic oxidation sites excluding steroid dienone is 5. The summed E-state index contributed by atoms with van der Waals surface area (Å²) in [7, 11) is 1.13. The fourth-order valence-corrected chi connectivity index (χ4v) is 8.18. The smallest absolute Gasteiger partial charge is 0.306 e. The molecule has 11 heteroatoms. The lowest BCUT2D eigenvalue weighted by Crippen LogP contribution is -2.37. The van der Waals surface area contributed by atoms with Gasteiger partial charge < -0.3 is 32.6 Å². The zero-order valence-corrected chi connectivity index (χ0v) is 42.1. The zero-order valence-electron chi connectivity index (χ0n) is 41.2. The van der Waals surface area contributed by atoms with Gasteiger partial charge in [0.15, 0.2) is 6.10 Å². The largest absolute Gasteiger partial charge is 0.756 e. The number of nitrogens with zero attached hydrogens (tertiary/aromatic N) is 1. The number of carbonyl (C=O) groups excluding carboxylic acids is 2. The summed E-state index contributed by atoms with van der Waals surface area (Å²) < 4.78 is 39.8. The summed E-state index contributed by atoms with van der Waals surface area (Å²) in [4.78, 5) is 37.8. The third-order valence-electron chi connectivity index (χ3n) is 11.6. The van der Waals surface area contributed by atoms with Gasteiger partial charge in [-0.1, -0.05) is 192 Å². The van der Waals surface area contributed by atoms with Gasteiger partial charge in [0.1, 0.15) is 19.8 Å². The molecule has 0 aromatic rings. The minimum absolute atomic E-state index is 0.0419. The molecule has 0 N–H and O–H groups in total. The molecular formula is C52H96NO9P. The number of carbonyl (C=O) groups is 2. The van der Waals surface area contributed by atoms with Gasteiger partial charge in [-0.25, -0.2) is 0 Å². The van der Waals surface area contributed by atoms with Crippen molar-refractivity contribution in [3.05, 3.63) is 36.5 Å². The lowest BCUT2D eigenvalue weighted by atomic mass is 10.0. The second-order valence-corrected chi connectivity index (χ2v) is 20.3. The van der Waals surface area contributed by atoms with E-state index < -0.39 is 32.5 Å². The van der Waals surface area contributed by atoms with E-state index in [0.29, 0.717) is 23.9 Å². The molecule has 368 valence electrons. The lowest BCUT2D eigenvalue weighted by molar-refractivity contribution is -0.870. The average molecular weight is 910 g/mol. The summed E-state index contributed by atoms with van der Waals surface area (Å²) in [6.45, 7) is 4.15. The van der Waals surface area contributed by atoms with Crippen molar-refractivity contribution in [3.63, 3.8) is 0 Å². The van der Waals surface area contributed by atoms with E-state index in [1.165, 1.54) is 135 Å². The first-order chi connectivity index (χ1) is 30.5. The highest BCUT2D eigenvalue weighted by molar-refractivity contribution is 7.45. The van der Waals surface area contributed by atoms with E-state index in [1.807, 2.05) is 21.1 Å². The van der Waals surface area contributed by atoms with Crippen molar-refractivity contribution in [2.75, 3.05) is 47.5 Å². The molecule has 1 fully saturated rings. The number of hydrogen-bond donors (Lipinski definition) is 0. The number of rotatable bonds is 46. The molecule has 0 bridgehead atoms. The van der Waals surface area contributed by atoms with Gasteiger partial charge in [0.05, 0.1) is 40.0 Å². The van der Waals surface area contributed by atoms with Crippen LogP contribution in [0.3, 0.4) is 0 Å². The molecule has 4 atom stereocenters. The van der Waals surface area contributed by atoms with Crippen molar-refractivity contribution < 1.29 is 46.8 Å². The van der Waals surface area contributed by atoms with E-state index in [-0.39, 0.29) is 38.3 Å². The Labute approximate surface area is 386 Å². The van der Waals surface area contributed by atoms with Crippen LogP contribution in [-0.2, 0) is 37.4 Å². The Kier molecular flexibility index (Phi) is 38.0. The summed E-state index contributed by atoms with van der Waals surface area (Å²) >= 11 is 0. The highest BCUT2D eigenvalue weighted by atomic mass is 31.2. The fourth-order valence-electron chi connectivity index (χ4n) is 7.45. The van der Waals surface area contributed by atoms with Gasteiger partial charge in [0.25, 0.3) is 7.82 Å². The molecule has 0 spiro atoms. The normalized spacial score (nSPS) is 16.9. The number of hydrogen-bond acceptors (Lipinski definition) is 9. The molecule has 0 aromatic heterocycles. The van der Waals surface area contributed by atoms with Crippen LogP contribution in [0.2, 0.25) is 0 Å². The van der Waals surface area contributed by atoms with Crippen LogP contribution < -0.4 is 4.89 Å². The number of epoxide rings is 1. The van der Waals surface area contributed by atoms with E-state index in [9.17, 15) is 19.0 Å². The van der Waals surface area contributed by atoms with Gasteiger partial charge in [0.2, 0.25) is 0 Å². The number of ether oxygens (including phenoxy) is 3. The Bertz CT molecular complexity index is 1230. The van der Waals surface area contributed by atoms with Gasteiger partial charge in [-0.3, -0.25) is 14.2 Å². The SMILES string of the molecule is CCCCC/C=C\C/C=C\C/C=C\CC1OC1CCCC(=O)OC[C@H](COP(=O)([O-])OCC[N+](C)(C)C)OC(=O)CCCCCCCCCCCCCCCCCCCCCCC. The monoisotopic (exact) mass is 910 g/mol. The van der Waals surface area contributed by atoms with Gasteiger partial charge in [-0.05, 0) is 51.4 Å². The minimum Gasteiger partial charge on any atom is -0.756 e. The summed E-state index contributed by atoms with van der Waals surface area (Å²) in [5.74, 6) is -0.902. The van der Waals surface area contributed by atoms with Gasteiger partial charge in [-0.2, -0.15) is 0 Å². The topological polar surface area (TPSA) is 124 Å². The predicted octanol–water partition coefficient (Wildman–Crippen LogP) is 13.6. The highest BCUT2D eigenvalue weighted by Gasteiger charge is 2.36. The van der Waals surface area contributed by atoms with Crippen LogP contribution in [0.25, 0.3) is 0 Å². The number of esters is 2. The Hall–Kier alpha value is -1.81. The van der Waals surface area contributed by atoms with Crippen LogP contribution in [0, 0.1) is 0 Å². The maximum Gasteiger partial charge on any atom is 0.306 e. The van der Waals surface area contributed by atoms with E-state index in [4.69, 9.17) is 23.3 Å². The molecule has 1 aliphatic heterocycles. The van der Waals surface area contributed by atoms with E-state index in [0.717, 1.165) is 44.9 Å². The first-order valence-electron chi connectivity index (χ1n) is 25.8. The fraction of sp³-hybridized carbons (Fsp3) is 0.846. The van der Waals surface area contributed by atoms with Crippen molar-refractivity contribution >= 4 is 19.8 Å². The van der Waals surface area contributed by atoms with Gasteiger partial charge in [0, 0.05) is 12.8 Å². The Morgan fingerprint density at radius 1 is 0.587 bits per heavy atom. The molecule has 0 saturated carbocycles. The summed E-state index contributed by atoms with van der Waals surface area (Å²) in [6, 6.07) is 0. The van der Waals surface area contributed by atoms with Crippen molar-refractivity contribution in [1.29, 1.82) is 0 Å². The van der Waals surface area contributed by atoms with Crippen LogP contribution in [0.1, 0.15) is 219 Å². The predicted molar refractivity (Wildman–Crippen MR) is 258 cm³/mol. The van der Waals surface area contributed by atoms with Crippen LogP contribution >= 0.6 is 7.82 Å². The first-order valence-corrected chi connectivity index (χ1v) is 27.3. The zero-order chi connectivity index (χ0) is 46.1. The van der Waals surface area contributed by atoms with Crippen molar-refractivity contribution in [2.45, 2.75) is 238 Å². The number of phosphoric acid groups is 1. The number of quaternary nitrogens is 1. The molecular weight excluding hydrogens is 814 g/mol. The summed E-state index contributed by atoms with van der Waals surface area (Å²) in [6.07, 6.45) is 49.1. The summed E-state index contributed by atoms with van der Waals surface area (Å²) in [5.41, 5.74) is 0. The molecule has 63 heavy (non-hydrogen) atoms. The summed E-state index contributed by atoms with van der Waals surface area (Å²) in [5, 5.41) is 0. The molecule has 0 amide bonds. The molecule has 1 aliphatic rings. The van der Waals surface area contributed by atoms with Crippen LogP contribution in [0.5, 0.6) is 0 Å². The van der Waals surface area contributed by atoms with Crippen molar-refractivity contribution in [1.82, 2.24) is 0 Å². The Morgan fingerprint density at radius 3 is 1.60 bits per heavy atom. The van der Waals surface area contributed by atoms with Crippen LogP contribution in [0.15, 0.2) is 36.5 Å². The minimum atomic E-state index is -4.65.